The highest BCUT2D eigenvalue weighted by Crippen LogP contribution is 2.17. The minimum absolute atomic E-state index is 0.214. The van der Waals surface area contributed by atoms with Crippen LogP contribution in [0.4, 0.5) is 5.69 Å². The molecule has 2 heterocycles. The Morgan fingerprint density at radius 2 is 2.04 bits per heavy atom. The summed E-state index contributed by atoms with van der Waals surface area (Å²) in [6.07, 6.45) is 5.40. The van der Waals surface area contributed by atoms with Gasteiger partial charge >= 0.3 is 0 Å². The number of amides is 1. The van der Waals surface area contributed by atoms with E-state index in [-0.39, 0.29) is 18.3 Å². The first-order valence-corrected chi connectivity index (χ1v) is 8.81. The van der Waals surface area contributed by atoms with Gasteiger partial charge in [0.15, 0.2) is 5.76 Å². The van der Waals surface area contributed by atoms with Crippen molar-refractivity contribution in [2.24, 2.45) is 0 Å². The predicted molar refractivity (Wildman–Crippen MR) is 101 cm³/mol. The van der Waals surface area contributed by atoms with E-state index in [9.17, 15) is 4.79 Å². The number of carbonyl (C=O) groups is 1. The van der Waals surface area contributed by atoms with E-state index in [1.165, 1.54) is 5.56 Å². The van der Waals surface area contributed by atoms with Crippen molar-refractivity contribution >= 4 is 11.6 Å². The molecule has 1 aromatic carbocycles. The quantitative estimate of drug-likeness (QED) is 0.619. The second-order valence-corrected chi connectivity index (χ2v) is 6.09. The van der Waals surface area contributed by atoms with Crippen molar-refractivity contribution < 1.29 is 18.7 Å². The van der Waals surface area contributed by atoms with Gasteiger partial charge in [0.1, 0.15) is 24.8 Å². The van der Waals surface area contributed by atoms with E-state index in [0.29, 0.717) is 18.2 Å². The molecule has 1 N–H and O–H groups in total. The fourth-order valence-electron chi connectivity index (χ4n) is 2.60. The number of furan rings is 1. The average Bonchev–Trinajstić information content (AvgIpc) is 3.31. The number of carbonyl (C=O) groups excluding carboxylic acids is 1. The summed E-state index contributed by atoms with van der Waals surface area (Å²) in [5.74, 6) is 1.21. The summed E-state index contributed by atoms with van der Waals surface area (Å²) in [5, 5.41) is 6.79. The normalized spacial score (nSPS) is 10.7. The highest BCUT2D eigenvalue weighted by molar-refractivity contribution is 6.02. The topological polar surface area (TPSA) is 78.5 Å². The van der Waals surface area contributed by atoms with Crippen LogP contribution in [-0.2, 0) is 24.5 Å². The Bertz CT molecular complexity index is 867. The van der Waals surface area contributed by atoms with Crippen LogP contribution in [0.3, 0.4) is 0 Å². The fraction of sp³-hybridized carbons (Fsp3) is 0.300. The second kappa shape index (κ2) is 9.05. The van der Waals surface area contributed by atoms with Crippen molar-refractivity contribution in [1.29, 1.82) is 0 Å². The molecule has 0 saturated carbocycles. The van der Waals surface area contributed by atoms with Crippen LogP contribution in [0.25, 0.3) is 0 Å². The Morgan fingerprint density at radius 3 is 2.78 bits per heavy atom. The van der Waals surface area contributed by atoms with Crippen LogP contribution in [-0.4, -0.2) is 22.8 Å². The number of rotatable bonds is 9. The van der Waals surface area contributed by atoms with E-state index in [2.05, 4.69) is 29.5 Å². The Labute approximate surface area is 157 Å². The van der Waals surface area contributed by atoms with Crippen LogP contribution in [0.15, 0.2) is 53.2 Å². The number of aryl methyl sites for hydroxylation is 1. The van der Waals surface area contributed by atoms with E-state index < -0.39 is 0 Å². The van der Waals surface area contributed by atoms with E-state index in [1.807, 2.05) is 12.1 Å². The van der Waals surface area contributed by atoms with Crippen molar-refractivity contribution in [2.75, 3.05) is 12.4 Å². The molecule has 0 bridgehead atoms. The van der Waals surface area contributed by atoms with Gasteiger partial charge in [0.25, 0.3) is 5.91 Å². The summed E-state index contributed by atoms with van der Waals surface area (Å²) in [5.41, 5.74) is 1.86. The molecule has 2 aromatic heterocycles. The molecule has 0 saturated heterocycles. The monoisotopic (exact) mass is 369 g/mol. The number of ether oxygens (including phenoxy) is 2. The molecule has 3 rings (SSSR count). The largest absolute Gasteiger partial charge is 0.486 e. The molecule has 0 unspecified atom stereocenters. The lowest BCUT2D eigenvalue weighted by Gasteiger charge is -2.05. The average molecular weight is 369 g/mol. The van der Waals surface area contributed by atoms with Crippen LogP contribution in [0.5, 0.6) is 5.75 Å². The highest BCUT2D eigenvalue weighted by Gasteiger charge is 2.13. The molecular formula is C20H23N3O4. The van der Waals surface area contributed by atoms with Gasteiger partial charge in [0.2, 0.25) is 0 Å². The van der Waals surface area contributed by atoms with Gasteiger partial charge in [-0.25, -0.2) is 4.68 Å². The molecule has 0 spiro atoms. The number of hydrogen-bond acceptors (Lipinski definition) is 5. The van der Waals surface area contributed by atoms with E-state index in [1.54, 1.807) is 36.3 Å². The molecule has 1 amide bonds. The van der Waals surface area contributed by atoms with Gasteiger partial charge in [0, 0.05) is 7.11 Å². The Hall–Kier alpha value is -3.06. The number of anilines is 1. The minimum Gasteiger partial charge on any atom is -0.486 e. The number of methoxy groups -OCH3 is 1. The number of nitrogens with one attached hydrogen (secondary N) is 1. The number of nitrogens with zero attached hydrogens (tertiary/aromatic N) is 2. The molecule has 0 aliphatic rings. The van der Waals surface area contributed by atoms with E-state index >= 15 is 0 Å². The smallest absolute Gasteiger partial charge is 0.291 e. The van der Waals surface area contributed by atoms with Crippen LogP contribution >= 0.6 is 0 Å². The third kappa shape index (κ3) is 5.21. The van der Waals surface area contributed by atoms with Crippen LogP contribution in [0.1, 0.15) is 35.2 Å². The first kappa shape index (κ1) is 18.7. The summed E-state index contributed by atoms with van der Waals surface area (Å²) in [6, 6.07) is 11.4. The Morgan fingerprint density at radius 1 is 1.22 bits per heavy atom. The van der Waals surface area contributed by atoms with Crippen LogP contribution in [0.2, 0.25) is 0 Å². The zero-order valence-electron chi connectivity index (χ0n) is 15.5. The maximum Gasteiger partial charge on any atom is 0.291 e. The van der Waals surface area contributed by atoms with Crippen LogP contribution < -0.4 is 10.1 Å². The fourth-order valence-corrected chi connectivity index (χ4v) is 2.60. The van der Waals surface area contributed by atoms with Gasteiger partial charge in [0.05, 0.1) is 18.1 Å². The molecule has 0 fully saturated rings. The maximum absolute atomic E-state index is 12.3. The standard InChI is InChI=1S/C20H23N3O4/c1-3-4-15-5-7-17(8-6-15)26-13-18-9-10-19(27-18)20(24)22-16-11-21-23(12-16)14-25-2/h5-12H,3-4,13-14H2,1-2H3,(H,22,24). The molecule has 0 aliphatic carbocycles. The summed E-state index contributed by atoms with van der Waals surface area (Å²) in [6.45, 7) is 2.73. The van der Waals surface area contributed by atoms with Crippen molar-refractivity contribution in [2.45, 2.75) is 33.1 Å². The van der Waals surface area contributed by atoms with Crippen molar-refractivity contribution in [3.8, 4) is 5.75 Å². The minimum atomic E-state index is -0.345. The van der Waals surface area contributed by atoms with Gasteiger partial charge in [-0.3, -0.25) is 4.79 Å². The highest BCUT2D eigenvalue weighted by atomic mass is 16.5. The molecule has 0 aliphatic heterocycles. The Kier molecular flexibility index (Phi) is 6.27. The zero-order chi connectivity index (χ0) is 19.1. The van der Waals surface area contributed by atoms with Gasteiger partial charge in [-0.15, -0.1) is 0 Å². The number of benzene rings is 1. The van der Waals surface area contributed by atoms with Crippen molar-refractivity contribution in [3.63, 3.8) is 0 Å². The van der Waals surface area contributed by atoms with Crippen molar-refractivity contribution in [3.05, 3.63) is 65.9 Å². The third-order valence-electron chi connectivity index (χ3n) is 3.88. The van der Waals surface area contributed by atoms with Gasteiger partial charge < -0.3 is 19.2 Å². The van der Waals surface area contributed by atoms with Gasteiger partial charge in [-0.1, -0.05) is 25.5 Å². The molecule has 0 radical (unpaired) electrons. The Balaban J connectivity index is 1.53. The zero-order valence-corrected chi connectivity index (χ0v) is 15.5. The molecule has 142 valence electrons. The van der Waals surface area contributed by atoms with E-state index in [0.717, 1.165) is 18.6 Å². The lowest BCUT2D eigenvalue weighted by atomic mass is 10.1. The maximum atomic E-state index is 12.3. The molecule has 7 nitrogen and oxygen atoms in total. The molecule has 27 heavy (non-hydrogen) atoms. The van der Waals surface area contributed by atoms with Gasteiger partial charge in [-0.2, -0.15) is 5.10 Å². The molecule has 0 atom stereocenters. The molecule has 7 heteroatoms. The summed E-state index contributed by atoms with van der Waals surface area (Å²) in [7, 11) is 1.58. The summed E-state index contributed by atoms with van der Waals surface area (Å²) < 4.78 is 17.8. The van der Waals surface area contributed by atoms with Gasteiger partial charge in [-0.05, 0) is 36.2 Å². The van der Waals surface area contributed by atoms with Crippen molar-refractivity contribution in [1.82, 2.24) is 9.78 Å². The summed E-state index contributed by atoms with van der Waals surface area (Å²) >= 11 is 0. The third-order valence-corrected chi connectivity index (χ3v) is 3.88. The lowest BCUT2D eigenvalue weighted by molar-refractivity contribution is 0.0992. The molecule has 3 aromatic rings. The van der Waals surface area contributed by atoms with Crippen LogP contribution in [0, 0.1) is 0 Å². The lowest BCUT2D eigenvalue weighted by Crippen LogP contribution is -2.10. The first-order valence-electron chi connectivity index (χ1n) is 8.81. The first-order chi connectivity index (χ1) is 13.2. The molecular weight excluding hydrogens is 346 g/mol. The number of hydrogen-bond donors (Lipinski definition) is 1. The summed E-state index contributed by atoms with van der Waals surface area (Å²) in [4.78, 5) is 12.3. The number of aromatic nitrogens is 2. The SMILES string of the molecule is CCCc1ccc(OCc2ccc(C(=O)Nc3cnn(COC)c3)o2)cc1. The van der Waals surface area contributed by atoms with E-state index in [4.69, 9.17) is 13.9 Å². The second-order valence-electron chi connectivity index (χ2n) is 6.09. The predicted octanol–water partition coefficient (Wildman–Crippen LogP) is 3.86.